The monoisotopic (exact) mass is 510 g/mol. The molecule has 0 aromatic heterocycles. The molecule has 0 bridgehead atoms. The standard InChI is InChI=1S/C19H31ClN4S.HI/c1-3-21-19(22-11-4-14-25-2)23-18-9-12-24(13-10-18)15-16-5-7-17(20)8-6-16;/h5-8,18H,3-4,9-15H2,1-2H3,(H2,21,22,23);1H. The highest BCUT2D eigenvalue weighted by Crippen LogP contribution is 2.16. The lowest BCUT2D eigenvalue weighted by molar-refractivity contribution is 0.198. The quantitative estimate of drug-likeness (QED) is 0.238. The van der Waals surface area contributed by atoms with Crippen molar-refractivity contribution in [3.63, 3.8) is 0 Å². The lowest BCUT2D eigenvalue weighted by Gasteiger charge is -2.33. The fourth-order valence-electron chi connectivity index (χ4n) is 3.00. The van der Waals surface area contributed by atoms with Crippen LogP contribution in [0.3, 0.4) is 0 Å². The van der Waals surface area contributed by atoms with Gasteiger partial charge in [0.15, 0.2) is 5.96 Å². The van der Waals surface area contributed by atoms with Crippen LogP contribution in [0.1, 0.15) is 31.7 Å². The number of rotatable bonds is 8. The number of likely N-dealkylation sites (tertiary alicyclic amines) is 1. The number of benzene rings is 1. The molecule has 7 heteroatoms. The van der Waals surface area contributed by atoms with Crippen LogP contribution in [0.5, 0.6) is 0 Å². The average Bonchev–Trinajstić information content (AvgIpc) is 2.62. The fraction of sp³-hybridized carbons (Fsp3) is 0.632. The molecule has 0 aliphatic carbocycles. The third-order valence-electron chi connectivity index (χ3n) is 4.37. The number of hydrogen-bond acceptors (Lipinski definition) is 3. The zero-order valence-corrected chi connectivity index (χ0v) is 19.7. The van der Waals surface area contributed by atoms with E-state index in [0.29, 0.717) is 6.04 Å². The van der Waals surface area contributed by atoms with E-state index >= 15 is 0 Å². The van der Waals surface area contributed by atoms with E-state index in [1.54, 1.807) is 0 Å². The van der Waals surface area contributed by atoms with E-state index in [1.165, 1.54) is 11.3 Å². The van der Waals surface area contributed by atoms with E-state index in [-0.39, 0.29) is 24.0 Å². The van der Waals surface area contributed by atoms with Crippen LogP contribution < -0.4 is 10.6 Å². The van der Waals surface area contributed by atoms with Gasteiger partial charge in [-0.15, -0.1) is 24.0 Å². The highest BCUT2D eigenvalue weighted by Gasteiger charge is 2.20. The molecular weight excluding hydrogens is 479 g/mol. The lowest BCUT2D eigenvalue weighted by Crippen LogP contribution is -2.48. The Balaban J connectivity index is 0.00000338. The maximum atomic E-state index is 5.96. The van der Waals surface area contributed by atoms with Crippen LogP contribution in [0.15, 0.2) is 29.3 Å². The highest BCUT2D eigenvalue weighted by atomic mass is 127. The fourth-order valence-corrected chi connectivity index (χ4v) is 3.54. The Kier molecular flexibility index (Phi) is 12.8. The van der Waals surface area contributed by atoms with Crippen molar-refractivity contribution in [3.8, 4) is 0 Å². The first-order valence-corrected chi connectivity index (χ1v) is 11.0. The van der Waals surface area contributed by atoms with Gasteiger partial charge in [-0.2, -0.15) is 11.8 Å². The van der Waals surface area contributed by atoms with Crippen molar-refractivity contribution in [3.05, 3.63) is 34.9 Å². The van der Waals surface area contributed by atoms with Gasteiger partial charge in [0.1, 0.15) is 0 Å². The molecule has 0 saturated carbocycles. The Morgan fingerprint density at radius 2 is 1.96 bits per heavy atom. The first-order valence-electron chi connectivity index (χ1n) is 9.22. The summed E-state index contributed by atoms with van der Waals surface area (Å²) >= 11 is 7.84. The van der Waals surface area contributed by atoms with Gasteiger partial charge in [-0.25, -0.2) is 0 Å². The molecule has 1 aromatic rings. The van der Waals surface area contributed by atoms with Gasteiger partial charge < -0.3 is 10.6 Å². The smallest absolute Gasteiger partial charge is 0.191 e. The molecule has 0 atom stereocenters. The van der Waals surface area contributed by atoms with Gasteiger partial charge in [0.25, 0.3) is 0 Å². The predicted octanol–water partition coefficient (Wildman–Crippen LogP) is 4.23. The summed E-state index contributed by atoms with van der Waals surface area (Å²) in [5, 5.41) is 7.79. The van der Waals surface area contributed by atoms with Crippen molar-refractivity contribution < 1.29 is 0 Å². The summed E-state index contributed by atoms with van der Waals surface area (Å²) in [6, 6.07) is 8.71. The third-order valence-corrected chi connectivity index (χ3v) is 5.32. The molecule has 0 radical (unpaired) electrons. The number of aliphatic imine (C=N–C) groups is 1. The van der Waals surface area contributed by atoms with Crippen molar-refractivity contribution in [2.75, 3.05) is 38.2 Å². The molecule has 2 N–H and O–H groups in total. The summed E-state index contributed by atoms with van der Waals surface area (Å²) in [6.07, 6.45) is 5.59. The minimum absolute atomic E-state index is 0. The minimum Gasteiger partial charge on any atom is -0.357 e. The van der Waals surface area contributed by atoms with Crippen molar-refractivity contribution in [1.29, 1.82) is 0 Å². The maximum absolute atomic E-state index is 5.96. The van der Waals surface area contributed by atoms with Crippen LogP contribution in [0, 0.1) is 0 Å². The minimum atomic E-state index is 0. The number of hydrogen-bond donors (Lipinski definition) is 2. The second-order valence-electron chi connectivity index (χ2n) is 6.43. The van der Waals surface area contributed by atoms with E-state index in [2.05, 4.69) is 40.8 Å². The van der Waals surface area contributed by atoms with Crippen LogP contribution in [0.4, 0.5) is 0 Å². The molecule has 2 rings (SSSR count). The van der Waals surface area contributed by atoms with E-state index in [4.69, 9.17) is 16.6 Å². The SMILES string of the molecule is CCNC(=NCCCSC)NC1CCN(Cc2ccc(Cl)cc2)CC1.I. The van der Waals surface area contributed by atoms with Crippen molar-refractivity contribution in [2.24, 2.45) is 4.99 Å². The number of halogens is 2. The molecule has 148 valence electrons. The van der Waals surface area contributed by atoms with Crippen LogP contribution in [0.2, 0.25) is 5.02 Å². The van der Waals surface area contributed by atoms with Crippen LogP contribution in [-0.2, 0) is 6.54 Å². The molecule has 1 aliphatic heterocycles. The van der Waals surface area contributed by atoms with Gasteiger partial charge in [0.2, 0.25) is 0 Å². The maximum Gasteiger partial charge on any atom is 0.191 e. The van der Waals surface area contributed by atoms with Gasteiger partial charge in [-0.05, 0) is 55.9 Å². The first-order chi connectivity index (χ1) is 12.2. The predicted molar refractivity (Wildman–Crippen MR) is 127 cm³/mol. The number of nitrogens with zero attached hydrogens (tertiary/aromatic N) is 2. The Morgan fingerprint density at radius 3 is 2.58 bits per heavy atom. The topological polar surface area (TPSA) is 39.7 Å². The van der Waals surface area contributed by atoms with E-state index < -0.39 is 0 Å². The van der Waals surface area contributed by atoms with E-state index in [1.807, 2.05) is 23.9 Å². The Hall–Kier alpha value is -0.180. The van der Waals surface area contributed by atoms with E-state index in [9.17, 15) is 0 Å². The normalized spacial score (nSPS) is 16.2. The van der Waals surface area contributed by atoms with Gasteiger partial charge in [-0.3, -0.25) is 9.89 Å². The Bertz CT molecular complexity index is 519. The second-order valence-corrected chi connectivity index (χ2v) is 7.85. The van der Waals surface area contributed by atoms with Crippen molar-refractivity contribution in [1.82, 2.24) is 15.5 Å². The summed E-state index contributed by atoms with van der Waals surface area (Å²) < 4.78 is 0. The number of thioether (sulfide) groups is 1. The van der Waals surface area contributed by atoms with Gasteiger partial charge >= 0.3 is 0 Å². The molecule has 0 unspecified atom stereocenters. The van der Waals surface area contributed by atoms with E-state index in [0.717, 1.165) is 63.0 Å². The van der Waals surface area contributed by atoms with Crippen molar-refractivity contribution >= 4 is 53.3 Å². The summed E-state index contributed by atoms with van der Waals surface area (Å²) in [6.45, 7) is 7.16. The first kappa shape index (κ1) is 23.9. The molecular formula is C19H32ClIN4S. The molecule has 1 heterocycles. The second kappa shape index (κ2) is 13.9. The highest BCUT2D eigenvalue weighted by molar-refractivity contribution is 14.0. The third kappa shape index (κ3) is 9.15. The van der Waals surface area contributed by atoms with Crippen molar-refractivity contribution in [2.45, 2.75) is 38.8 Å². The number of guanidine groups is 1. The summed E-state index contributed by atoms with van der Waals surface area (Å²) in [4.78, 5) is 7.21. The largest absolute Gasteiger partial charge is 0.357 e. The summed E-state index contributed by atoms with van der Waals surface area (Å²) in [5.41, 5.74) is 1.33. The summed E-state index contributed by atoms with van der Waals surface area (Å²) in [5.74, 6) is 2.14. The Morgan fingerprint density at radius 1 is 1.27 bits per heavy atom. The zero-order valence-electron chi connectivity index (χ0n) is 15.8. The number of piperidine rings is 1. The number of nitrogens with one attached hydrogen (secondary N) is 2. The van der Waals surface area contributed by atoms with Gasteiger partial charge in [-0.1, -0.05) is 23.7 Å². The van der Waals surface area contributed by atoms with Gasteiger partial charge in [0.05, 0.1) is 0 Å². The Labute approximate surface area is 184 Å². The molecule has 1 aliphatic rings. The molecule has 0 amide bonds. The molecule has 1 fully saturated rings. The molecule has 1 saturated heterocycles. The zero-order chi connectivity index (χ0) is 17.9. The van der Waals surface area contributed by atoms with Gasteiger partial charge in [0, 0.05) is 43.8 Å². The van der Waals surface area contributed by atoms with Crippen LogP contribution in [0.25, 0.3) is 0 Å². The molecule has 4 nitrogen and oxygen atoms in total. The van der Waals surface area contributed by atoms with Crippen LogP contribution in [-0.4, -0.2) is 55.1 Å². The molecule has 26 heavy (non-hydrogen) atoms. The summed E-state index contributed by atoms with van der Waals surface area (Å²) in [7, 11) is 0. The molecule has 0 spiro atoms. The lowest BCUT2D eigenvalue weighted by atomic mass is 10.0. The van der Waals surface area contributed by atoms with Crippen LogP contribution >= 0.6 is 47.3 Å². The molecule has 1 aromatic carbocycles. The average molecular weight is 511 g/mol.